The van der Waals surface area contributed by atoms with Gasteiger partial charge in [-0.2, -0.15) is 0 Å². The molecule has 2 aromatic rings. The summed E-state index contributed by atoms with van der Waals surface area (Å²) in [6, 6.07) is 0. The molecule has 1 aliphatic rings. The zero-order valence-electron chi connectivity index (χ0n) is 9.93. The monoisotopic (exact) mass is 264 g/mol. The van der Waals surface area contributed by atoms with Crippen molar-refractivity contribution in [3.63, 3.8) is 0 Å². The van der Waals surface area contributed by atoms with Gasteiger partial charge in [-0.15, -0.1) is 0 Å². The maximum absolute atomic E-state index is 11.8. The molecule has 0 amide bonds. The van der Waals surface area contributed by atoms with Gasteiger partial charge in [0.05, 0.1) is 11.5 Å². The highest BCUT2D eigenvalue weighted by Gasteiger charge is 2.25. The maximum atomic E-state index is 11.8. The first kappa shape index (κ1) is 11.4. The molecule has 0 spiro atoms. The molecule has 2 heterocycles. The Morgan fingerprint density at radius 3 is 3.17 bits per heavy atom. The molecule has 18 heavy (non-hydrogen) atoms. The highest BCUT2D eigenvalue weighted by molar-refractivity contribution is 7.19. The Labute approximate surface area is 107 Å². The summed E-state index contributed by atoms with van der Waals surface area (Å²) in [4.78, 5) is 29.0. The molecule has 6 heteroatoms. The van der Waals surface area contributed by atoms with Gasteiger partial charge in [-0.25, -0.2) is 9.78 Å². The summed E-state index contributed by atoms with van der Waals surface area (Å²) in [5.41, 5.74) is 1.29. The van der Waals surface area contributed by atoms with Crippen LogP contribution in [-0.4, -0.2) is 27.7 Å². The third kappa shape index (κ3) is 1.64. The van der Waals surface area contributed by atoms with E-state index in [0.717, 1.165) is 23.4 Å². The molecule has 0 aliphatic heterocycles. The lowest BCUT2D eigenvalue weighted by atomic mass is 10.0. The molecule has 2 aromatic heterocycles. The van der Waals surface area contributed by atoms with E-state index in [1.807, 2.05) is 4.40 Å². The van der Waals surface area contributed by atoms with Gasteiger partial charge in [0.1, 0.15) is 0 Å². The second-order valence-corrected chi connectivity index (χ2v) is 5.13. The summed E-state index contributed by atoms with van der Waals surface area (Å²) in [5, 5.41) is 0. The molecule has 0 aromatic carbocycles. The first-order valence-electron chi connectivity index (χ1n) is 5.91. The molecule has 0 bridgehead atoms. The van der Waals surface area contributed by atoms with Crippen LogP contribution in [0.5, 0.6) is 0 Å². The van der Waals surface area contributed by atoms with Crippen molar-refractivity contribution in [3.05, 3.63) is 22.5 Å². The van der Waals surface area contributed by atoms with E-state index in [1.165, 1.54) is 11.3 Å². The minimum Gasteiger partial charge on any atom is -0.461 e. The van der Waals surface area contributed by atoms with Crippen LogP contribution in [0.3, 0.4) is 0 Å². The normalized spacial score (nSPS) is 14.8. The van der Waals surface area contributed by atoms with Crippen molar-refractivity contribution in [2.24, 2.45) is 0 Å². The smallest absolute Gasteiger partial charge is 0.358 e. The quantitative estimate of drug-likeness (QED) is 0.779. The molecule has 0 fully saturated rings. The molecule has 0 N–H and O–H groups in total. The Morgan fingerprint density at radius 1 is 1.56 bits per heavy atom. The lowest BCUT2D eigenvalue weighted by Crippen LogP contribution is -2.10. The van der Waals surface area contributed by atoms with Crippen LogP contribution in [0.2, 0.25) is 0 Å². The average Bonchev–Trinajstić information content (AvgIpc) is 2.88. The molecular weight excluding hydrogens is 252 g/mol. The maximum Gasteiger partial charge on any atom is 0.358 e. The predicted molar refractivity (Wildman–Crippen MR) is 66.3 cm³/mol. The highest BCUT2D eigenvalue weighted by atomic mass is 32.1. The zero-order chi connectivity index (χ0) is 12.7. The third-order valence-electron chi connectivity index (χ3n) is 2.98. The number of aromatic nitrogens is 2. The van der Waals surface area contributed by atoms with Crippen LogP contribution in [0.25, 0.3) is 4.96 Å². The van der Waals surface area contributed by atoms with Crippen LogP contribution in [-0.2, 0) is 11.2 Å². The Morgan fingerprint density at radius 2 is 2.39 bits per heavy atom. The van der Waals surface area contributed by atoms with Crippen molar-refractivity contribution in [2.45, 2.75) is 26.2 Å². The summed E-state index contributed by atoms with van der Waals surface area (Å²) < 4.78 is 6.77. The molecule has 1 aliphatic carbocycles. The average molecular weight is 264 g/mol. The molecule has 0 unspecified atom stereocenters. The molecule has 5 nitrogen and oxygen atoms in total. The van der Waals surface area contributed by atoms with E-state index in [0.29, 0.717) is 23.7 Å². The molecule has 0 saturated heterocycles. The molecule has 0 radical (unpaired) electrons. The lowest BCUT2D eigenvalue weighted by Gasteiger charge is -2.08. The zero-order valence-corrected chi connectivity index (χ0v) is 10.7. The fraction of sp³-hybridized carbons (Fsp3) is 0.417. The number of Topliss-reactive ketones (excluding diaryl/α,β-unsaturated/α-hetero) is 1. The Bertz CT molecular complexity index is 641. The van der Waals surface area contributed by atoms with Gasteiger partial charge >= 0.3 is 5.97 Å². The van der Waals surface area contributed by atoms with Crippen molar-refractivity contribution in [3.8, 4) is 0 Å². The number of carbonyl (C=O) groups is 2. The van der Waals surface area contributed by atoms with Crippen LogP contribution in [0.1, 0.15) is 45.6 Å². The predicted octanol–water partition coefficient (Wildman–Crippen LogP) is 2.09. The van der Waals surface area contributed by atoms with Crippen LogP contribution < -0.4 is 0 Å². The number of fused-ring (bicyclic) bond motifs is 3. The molecular formula is C12H12N2O3S. The number of imidazole rings is 1. The van der Waals surface area contributed by atoms with E-state index in [9.17, 15) is 9.59 Å². The lowest BCUT2D eigenvalue weighted by molar-refractivity contribution is 0.0520. The van der Waals surface area contributed by atoms with Crippen molar-refractivity contribution in [2.75, 3.05) is 6.61 Å². The topological polar surface area (TPSA) is 60.7 Å². The Balaban J connectivity index is 2.07. The number of carbonyl (C=O) groups excluding carboxylic acids is 2. The SMILES string of the molecule is CCOC(=O)c1cn2c3c(sc2n1)C(=O)CCC3. The highest BCUT2D eigenvalue weighted by Crippen LogP contribution is 2.30. The molecule has 94 valence electrons. The summed E-state index contributed by atoms with van der Waals surface area (Å²) in [7, 11) is 0. The van der Waals surface area contributed by atoms with E-state index in [2.05, 4.69) is 4.98 Å². The van der Waals surface area contributed by atoms with Crippen molar-refractivity contribution < 1.29 is 14.3 Å². The summed E-state index contributed by atoms with van der Waals surface area (Å²) >= 11 is 1.36. The van der Waals surface area contributed by atoms with Gasteiger partial charge in [0.2, 0.25) is 0 Å². The molecule has 0 saturated carbocycles. The minimum absolute atomic E-state index is 0.185. The van der Waals surface area contributed by atoms with Crippen LogP contribution in [0, 0.1) is 0 Å². The Kier molecular flexibility index (Phi) is 2.66. The third-order valence-corrected chi connectivity index (χ3v) is 4.11. The number of hydrogen-bond acceptors (Lipinski definition) is 5. The minimum atomic E-state index is -0.413. The number of rotatable bonds is 2. The van der Waals surface area contributed by atoms with Crippen molar-refractivity contribution >= 4 is 28.1 Å². The number of hydrogen-bond donors (Lipinski definition) is 0. The second kappa shape index (κ2) is 4.20. The van der Waals surface area contributed by atoms with Gasteiger partial charge in [-0.3, -0.25) is 9.20 Å². The first-order valence-corrected chi connectivity index (χ1v) is 6.73. The summed E-state index contributed by atoms with van der Waals surface area (Å²) in [6.07, 6.45) is 4.01. The Hall–Kier alpha value is -1.69. The van der Waals surface area contributed by atoms with Crippen LogP contribution in [0.15, 0.2) is 6.20 Å². The second-order valence-electron chi connectivity index (χ2n) is 4.15. The largest absolute Gasteiger partial charge is 0.461 e. The number of thiazole rings is 1. The van der Waals surface area contributed by atoms with Gasteiger partial charge in [-0.1, -0.05) is 11.3 Å². The van der Waals surface area contributed by atoms with Gasteiger partial charge in [0.25, 0.3) is 0 Å². The van der Waals surface area contributed by atoms with E-state index < -0.39 is 5.97 Å². The van der Waals surface area contributed by atoms with Crippen molar-refractivity contribution in [1.82, 2.24) is 9.38 Å². The van der Waals surface area contributed by atoms with E-state index in [-0.39, 0.29) is 5.78 Å². The first-order chi connectivity index (χ1) is 8.70. The van der Waals surface area contributed by atoms with Crippen LogP contribution in [0.4, 0.5) is 0 Å². The number of aryl methyl sites for hydroxylation is 1. The van der Waals surface area contributed by atoms with Crippen LogP contribution >= 0.6 is 11.3 Å². The van der Waals surface area contributed by atoms with Gasteiger partial charge < -0.3 is 4.74 Å². The standard InChI is InChI=1S/C12H12N2O3S/c1-2-17-11(16)7-6-14-8-4-3-5-9(15)10(8)18-12(14)13-7/h6H,2-5H2,1H3. The van der Waals surface area contributed by atoms with E-state index in [1.54, 1.807) is 13.1 Å². The summed E-state index contributed by atoms with van der Waals surface area (Å²) in [5.74, 6) is -0.228. The van der Waals surface area contributed by atoms with Gasteiger partial charge in [0, 0.05) is 18.3 Å². The number of ketones is 1. The fourth-order valence-electron chi connectivity index (χ4n) is 2.17. The number of ether oxygens (including phenoxy) is 1. The van der Waals surface area contributed by atoms with E-state index in [4.69, 9.17) is 4.74 Å². The number of nitrogens with zero attached hydrogens (tertiary/aromatic N) is 2. The van der Waals surface area contributed by atoms with Gasteiger partial charge in [0.15, 0.2) is 16.4 Å². The summed E-state index contributed by atoms with van der Waals surface area (Å²) in [6.45, 7) is 2.09. The van der Waals surface area contributed by atoms with Gasteiger partial charge in [-0.05, 0) is 19.8 Å². The molecule has 0 atom stereocenters. The molecule has 3 rings (SSSR count). The van der Waals surface area contributed by atoms with Crippen molar-refractivity contribution in [1.29, 1.82) is 0 Å². The van der Waals surface area contributed by atoms with E-state index >= 15 is 0 Å². The fourth-order valence-corrected chi connectivity index (χ4v) is 3.30. The number of esters is 1.